The number of sulfonamides is 1. The third-order valence-corrected chi connectivity index (χ3v) is 6.24. The van der Waals surface area contributed by atoms with E-state index >= 15 is 0 Å². The minimum absolute atomic E-state index is 0.118. The van der Waals surface area contributed by atoms with Crippen molar-refractivity contribution in [1.82, 2.24) is 14.9 Å². The number of hydrogen-bond acceptors (Lipinski definition) is 7. The van der Waals surface area contributed by atoms with E-state index in [9.17, 15) is 8.42 Å². The Morgan fingerprint density at radius 2 is 2.00 bits per heavy atom. The van der Waals surface area contributed by atoms with Crippen LogP contribution in [0, 0.1) is 13.8 Å². The Balaban J connectivity index is 1.69. The van der Waals surface area contributed by atoms with Gasteiger partial charge in [0.05, 0.1) is 12.0 Å². The molecule has 0 aliphatic carbocycles. The highest BCUT2D eigenvalue weighted by atomic mass is 32.2. The van der Waals surface area contributed by atoms with Crippen LogP contribution in [0.5, 0.6) is 5.75 Å². The van der Waals surface area contributed by atoms with Gasteiger partial charge in [-0.3, -0.25) is 0 Å². The van der Waals surface area contributed by atoms with E-state index in [0.29, 0.717) is 24.0 Å². The van der Waals surface area contributed by atoms with Crippen molar-refractivity contribution in [3.05, 3.63) is 46.7 Å². The van der Waals surface area contributed by atoms with Crippen molar-refractivity contribution in [2.45, 2.75) is 25.2 Å². The molecule has 3 rings (SSSR count). The summed E-state index contributed by atoms with van der Waals surface area (Å²) in [7, 11) is -2.26. The molecule has 0 unspecified atom stereocenters. The van der Waals surface area contributed by atoms with Crippen molar-refractivity contribution in [2.24, 2.45) is 0 Å². The van der Waals surface area contributed by atoms with Crippen LogP contribution in [0.25, 0.3) is 10.8 Å². The smallest absolute Gasteiger partial charge is 0.257 e. The first-order chi connectivity index (χ1) is 12.4. The zero-order chi connectivity index (χ0) is 18.7. The summed E-state index contributed by atoms with van der Waals surface area (Å²) in [4.78, 5) is 0.997. The minimum Gasteiger partial charge on any atom is -0.495 e. The maximum atomic E-state index is 12.6. The first-order valence-corrected chi connectivity index (χ1v) is 10.3. The molecular weight excluding hydrogens is 374 g/mol. The van der Waals surface area contributed by atoms with Gasteiger partial charge in [-0.15, -0.1) is 21.5 Å². The zero-order valence-electron chi connectivity index (χ0n) is 14.6. The third-order valence-electron chi connectivity index (χ3n) is 3.90. The normalized spacial score (nSPS) is 11.7. The summed E-state index contributed by atoms with van der Waals surface area (Å²) in [5.41, 5.74) is 1.84. The molecule has 0 aliphatic heterocycles. The number of aryl methyl sites for hydroxylation is 2. The second-order valence-electron chi connectivity index (χ2n) is 5.71. The Labute approximate surface area is 156 Å². The first-order valence-electron chi connectivity index (χ1n) is 7.92. The maximum absolute atomic E-state index is 12.6. The quantitative estimate of drug-likeness (QED) is 0.663. The maximum Gasteiger partial charge on any atom is 0.257 e. The fourth-order valence-corrected chi connectivity index (χ4v) is 4.27. The lowest BCUT2D eigenvalue weighted by molar-refractivity contribution is 0.401. The van der Waals surface area contributed by atoms with Crippen molar-refractivity contribution >= 4 is 21.4 Å². The molecule has 0 amide bonds. The van der Waals surface area contributed by atoms with E-state index in [1.165, 1.54) is 18.4 Å². The lowest BCUT2D eigenvalue weighted by Gasteiger charge is -2.12. The van der Waals surface area contributed by atoms with Crippen LogP contribution in [0.2, 0.25) is 0 Å². The summed E-state index contributed by atoms with van der Waals surface area (Å²) in [5, 5.41) is 9.85. The lowest BCUT2D eigenvalue weighted by Crippen LogP contribution is -2.26. The predicted molar refractivity (Wildman–Crippen MR) is 99.0 cm³/mol. The second kappa shape index (κ2) is 7.56. The Kier molecular flexibility index (Phi) is 5.40. The van der Waals surface area contributed by atoms with E-state index < -0.39 is 10.0 Å². The van der Waals surface area contributed by atoms with Gasteiger partial charge in [0, 0.05) is 13.0 Å². The zero-order valence-corrected chi connectivity index (χ0v) is 16.3. The number of nitrogens with zero attached hydrogens (tertiary/aromatic N) is 2. The molecule has 2 aromatic heterocycles. The fraction of sp³-hybridized carbons (Fsp3) is 0.294. The van der Waals surface area contributed by atoms with E-state index in [0.717, 1.165) is 16.0 Å². The molecule has 0 saturated heterocycles. The van der Waals surface area contributed by atoms with Crippen LogP contribution in [0.4, 0.5) is 0 Å². The molecule has 0 aliphatic rings. The number of nitrogens with one attached hydrogen (secondary N) is 1. The summed E-state index contributed by atoms with van der Waals surface area (Å²) in [5.74, 6) is 1.13. The van der Waals surface area contributed by atoms with E-state index in [1.54, 1.807) is 12.1 Å². The molecule has 0 spiro atoms. The summed E-state index contributed by atoms with van der Waals surface area (Å²) >= 11 is 1.50. The molecule has 1 aromatic carbocycles. The van der Waals surface area contributed by atoms with Crippen LogP contribution in [0.3, 0.4) is 0 Å². The van der Waals surface area contributed by atoms with Crippen molar-refractivity contribution < 1.29 is 17.6 Å². The molecule has 0 saturated carbocycles. The van der Waals surface area contributed by atoms with Crippen molar-refractivity contribution in [3.63, 3.8) is 0 Å². The van der Waals surface area contributed by atoms with Gasteiger partial charge in [-0.25, -0.2) is 13.1 Å². The molecule has 2 heterocycles. The SMILES string of the molecule is COc1cc(C)c(C)cc1S(=O)(=O)NCCc1nnc(-c2cccs2)o1. The minimum atomic E-state index is -3.71. The molecule has 0 atom stereocenters. The van der Waals surface area contributed by atoms with E-state index in [2.05, 4.69) is 14.9 Å². The first kappa shape index (κ1) is 18.6. The highest BCUT2D eigenvalue weighted by Crippen LogP contribution is 2.27. The van der Waals surface area contributed by atoms with Gasteiger partial charge < -0.3 is 9.15 Å². The van der Waals surface area contributed by atoms with Gasteiger partial charge in [-0.1, -0.05) is 6.07 Å². The van der Waals surface area contributed by atoms with Crippen LogP contribution < -0.4 is 9.46 Å². The molecule has 1 N–H and O–H groups in total. The molecule has 26 heavy (non-hydrogen) atoms. The summed E-state index contributed by atoms with van der Waals surface area (Å²) in [6, 6.07) is 7.11. The Bertz CT molecular complexity index is 995. The third kappa shape index (κ3) is 3.95. The predicted octanol–water partition coefficient (Wildman–Crippen LogP) is 2.94. The van der Waals surface area contributed by atoms with Gasteiger partial charge >= 0.3 is 0 Å². The molecule has 3 aromatic rings. The van der Waals surface area contributed by atoms with Crippen LogP contribution in [0.1, 0.15) is 17.0 Å². The molecule has 0 radical (unpaired) electrons. The number of thiophene rings is 1. The van der Waals surface area contributed by atoms with E-state index in [-0.39, 0.29) is 11.4 Å². The molecule has 0 fully saturated rings. The summed E-state index contributed by atoms with van der Waals surface area (Å²) in [6.45, 7) is 3.91. The van der Waals surface area contributed by atoms with Crippen LogP contribution >= 0.6 is 11.3 Å². The van der Waals surface area contributed by atoms with Gasteiger partial charge in [-0.2, -0.15) is 0 Å². The highest BCUT2D eigenvalue weighted by Gasteiger charge is 2.20. The molecule has 0 bridgehead atoms. The lowest BCUT2D eigenvalue weighted by atomic mass is 10.1. The number of aromatic nitrogens is 2. The summed E-state index contributed by atoms with van der Waals surface area (Å²) < 4.78 is 38.5. The number of ether oxygens (including phenoxy) is 1. The summed E-state index contributed by atoms with van der Waals surface area (Å²) in [6.07, 6.45) is 0.296. The number of methoxy groups -OCH3 is 1. The molecule has 9 heteroatoms. The largest absolute Gasteiger partial charge is 0.495 e. The Morgan fingerprint density at radius 3 is 2.69 bits per heavy atom. The Hall–Kier alpha value is -2.23. The van der Waals surface area contributed by atoms with Crippen LogP contribution in [0.15, 0.2) is 39.0 Å². The van der Waals surface area contributed by atoms with Gasteiger partial charge in [0.25, 0.3) is 5.89 Å². The van der Waals surface area contributed by atoms with Gasteiger partial charge in [0.1, 0.15) is 10.6 Å². The highest BCUT2D eigenvalue weighted by molar-refractivity contribution is 7.89. The van der Waals surface area contributed by atoms with Gasteiger partial charge in [0.2, 0.25) is 15.9 Å². The van der Waals surface area contributed by atoms with Crippen molar-refractivity contribution in [3.8, 4) is 16.5 Å². The number of hydrogen-bond donors (Lipinski definition) is 1. The Morgan fingerprint density at radius 1 is 1.23 bits per heavy atom. The van der Waals surface area contributed by atoms with E-state index in [4.69, 9.17) is 9.15 Å². The average molecular weight is 393 g/mol. The monoisotopic (exact) mass is 393 g/mol. The van der Waals surface area contributed by atoms with E-state index in [1.807, 2.05) is 31.4 Å². The second-order valence-corrected chi connectivity index (χ2v) is 8.40. The van der Waals surface area contributed by atoms with Crippen molar-refractivity contribution in [2.75, 3.05) is 13.7 Å². The average Bonchev–Trinajstić information content (AvgIpc) is 3.27. The molecular formula is C17H19N3O4S2. The fourth-order valence-electron chi connectivity index (χ4n) is 2.36. The van der Waals surface area contributed by atoms with Crippen molar-refractivity contribution in [1.29, 1.82) is 0 Å². The van der Waals surface area contributed by atoms with Gasteiger partial charge in [0.15, 0.2) is 0 Å². The standard InChI is InChI=1S/C17H19N3O4S2/c1-11-9-13(23-3)15(10-12(11)2)26(21,22)18-7-6-16-19-20-17(24-16)14-5-4-8-25-14/h4-5,8-10,18H,6-7H2,1-3H3. The van der Waals surface area contributed by atoms with Gasteiger partial charge in [-0.05, 0) is 48.6 Å². The molecule has 138 valence electrons. The number of rotatable bonds is 7. The topological polar surface area (TPSA) is 94.3 Å². The number of benzene rings is 1. The molecule has 7 nitrogen and oxygen atoms in total. The van der Waals surface area contributed by atoms with Crippen LogP contribution in [-0.4, -0.2) is 32.3 Å². The van der Waals surface area contributed by atoms with Crippen LogP contribution in [-0.2, 0) is 16.4 Å².